The third-order valence-corrected chi connectivity index (χ3v) is 10.7. The Kier molecular flexibility index (Phi) is 7.55. The number of fused-ring (bicyclic) bond motifs is 2. The SMILES string of the molecule is CCOc1ccccc1C1(N2CCN(c3ccncc3F)CC2)CN(S(=O)(=O)c2cccc3cccnc23)c2ccc(C#N)cc21. The molecule has 9 nitrogen and oxygen atoms in total. The second-order valence-corrected chi connectivity index (χ2v) is 13.1. The number of nitrogens with zero attached hydrogens (tertiary/aromatic N) is 6. The summed E-state index contributed by atoms with van der Waals surface area (Å²) in [7, 11) is -4.15. The molecule has 5 aromatic rings. The molecule has 1 fully saturated rings. The monoisotopic (exact) mass is 634 g/mol. The Hall–Kier alpha value is -5.05. The molecule has 7 rings (SSSR count). The number of aromatic nitrogens is 2. The predicted octanol–water partition coefficient (Wildman–Crippen LogP) is 5.31. The van der Waals surface area contributed by atoms with E-state index < -0.39 is 21.4 Å². The largest absolute Gasteiger partial charge is 0.494 e. The van der Waals surface area contributed by atoms with Crippen LogP contribution in [0.3, 0.4) is 0 Å². The number of hydrogen-bond donors (Lipinski definition) is 0. The van der Waals surface area contributed by atoms with Gasteiger partial charge in [0.1, 0.15) is 10.6 Å². The molecule has 0 spiro atoms. The molecule has 4 heterocycles. The zero-order valence-corrected chi connectivity index (χ0v) is 26.0. The standard InChI is InChI=1S/C35H31FN6O3S/c1-2-45-32-10-4-3-9-27(32)35(41-19-17-40(18-20-41)31-14-16-38-23-29(31)36)24-42(30-13-12-25(22-37)21-28(30)35)46(43,44)33-11-5-7-26-8-6-15-39-34(26)33/h3-16,21,23H,2,17-20,24H2,1H3. The molecule has 0 bridgehead atoms. The first-order valence-corrected chi connectivity index (χ1v) is 16.6. The highest BCUT2D eigenvalue weighted by molar-refractivity contribution is 7.93. The van der Waals surface area contributed by atoms with Crippen molar-refractivity contribution in [1.82, 2.24) is 14.9 Å². The van der Waals surface area contributed by atoms with E-state index in [0.717, 1.165) is 10.9 Å². The Morgan fingerprint density at radius 1 is 0.935 bits per heavy atom. The smallest absolute Gasteiger partial charge is 0.266 e. The minimum absolute atomic E-state index is 0.0382. The van der Waals surface area contributed by atoms with Gasteiger partial charge in [-0.15, -0.1) is 0 Å². The van der Waals surface area contributed by atoms with Crippen LogP contribution in [0.5, 0.6) is 5.75 Å². The fourth-order valence-corrected chi connectivity index (χ4v) is 8.54. The number of sulfonamides is 1. The zero-order valence-electron chi connectivity index (χ0n) is 25.2. The van der Waals surface area contributed by atoms with Crippen molar-refractivity contribution >= 4 is 32.3 Å². The Labute approximate surface area is 267 Å². The molecule has 0 aliphatic carbocycles. The molecule has 46 heavy (non-hydrogen) atoms. The first kappa shape index (κ1) is 29.6. The van der Waals surface area contributed by atoms with Gasteiger partial charge in [0, 0.05) is 55.1 Å². The van der Waals surface area contributed by atoms with Crippen LogP contribution in [0.25, 0.3) is 10.9 Å². The molecule has 1 atom stereocenters. The maximum atomic E-state index is 14.8. The molecule has 2 aromatic heterocycles. The lowest BCUT2D eigenvalue weighted by molar-refractivity contribution is 0.124. The Bertz CT molecular complexity index is 2090. The van der Waals surface area contributed by atoms with Gasteiger partial charge < -0.3 is 9.64 Å². The molecule has 2 aliphatic heterocycles. The van der Waals surface area contributed by atoms with Gasteiger partial charge in [-0.2, -0.15) is 5.26 Å². The maximum absolute atomic E-state index is 14.8. The highest BCUT2D eigenvalue weighted by Gasteiger charge is 2.53. The number of piperazine rings is 1. The van der Waals surface area contributed by atoms with E-state index in [9.17, 15) is 18.1 Å². The van der Waals surface area contributed by atoms with Gasteiger partial charge in [-0.1, -0.05) is 36.4 Å². The van der Waals surface area contributed by atoms with E-state index >= 15 is 0 Å². The van der Waals surface area contributed by atoms with Crippen LogP contribution in [-0.4, -0.2) is 62.6 Å². The van der Waals surface area contributed by atoms with Crippen molar-refractivity contribution in [1.29, 1.82) is 5.26 Å². The lowest BCUT2D eigenvalue weighted by atomic mass is 9.81. The molecule has 2 aliphatic rings. The van der Waals surface area contributed by atoms with Crippen LogP contribution in [0.15, 0.2) is 102 Å². The summed E-state index contributed by atoms with van der Waals surface area (Å²) in [6, 6.07) is 25.5. The molecular formula is C35H31FN6O3S. The summed E-state index contributed by atoms with van der Waals surface area (Å²) in [4.78, 5) is 12.7. The van der Waals surface area contributed by atoms with Gasteiger partial charge in [0.15, 0.2) is 5.82 Å². The van der Waals surface area contributed by atoms with Crippen molar-refractivity contribution in [2.75, 3.05) is 48.5 Å². The van der Waals surface area contributed by atoms with Crippen LogP contribution in [-0.2, 0) is 15.6 Å². The number of nitriles is 1. The zero-order chi connectivity index (χ0) is 31.9. The highest BCUT2D eigenvalue weighted by Crippen LogP contribution is 2.52. The fraction of sp³-hybridized carbons (Fsp3) is 0.229. The topological polar surface area (TPSA) is 103 Å². The average Bonchev–Trinajstić information content (AvgIpc) is 3.45. The number of para-hydroxylation sites is 2. The molecule has 11 heteroatoms. The van der Waals surface area contributed by atoms with Crippen LogP contribution < -0.4 is 13.9 Å². The number of hydrogen-bond acceptors (Lipinski definition) is 8. The fourth-order valence-electron chi connectivity index (χ4n) is 6.86. The maximum Gasteiger partial charge on any atom is 0.266 e. The van der Waals surface area contributed by atoms with Crippen molar-refractivity contribution in [3.05, 3.63) is 120 Å². The first-order valence-electron chi connectivity index (χ1n) is 15.1. The van der Waals surface area contributed by atoms with E-state index in [1.807, 2.05) is 48.2 Å². The Balaban J connectivity index is 1.41. The average molecular weight is 635 g/mol. The molecule has 0 radical (unpaired) electrons. The third kappa shape index (κ3) is 4.73. The number of halogens is 1. The van der Waals surface area contributed by atoms with Crippen molar-refractivity contribution in [3.63, 3.8) is 0 Å². The summed E-state index contributed by atoms with van der Waals surface area (Å²) in [6.45, 7) is 4.32. The summed E-state index contributed by atoms with van der Waals surface area (Å²) in [5.41, 5.74) is 2.23. The van der Waals surface area contributed by atoms with Crippen molar-refractivity contribution in [2.24, 2.45) is 0 Å². The van der Waals surface area contributed by atoms with Crippen molar-refractivity contribution in [3.8, 4) is 11.8 Å². The normalized spacial score (nSPS) is 18.4. The van der Waals surface area contributed by atoms with E-state index in [-0.39, 0.29) is 11.4 Å². The van der Waals surface area contributed by atoms with E-state index in [1.165, 1.54) is 10.5 Å². The number of pyridine rings is 2. The second-order valence-electron chi connectivity index (χ2n) is 11.3. The molecule has 232 valence electrons. The summed E-state index contributed by atoms with van der Waals surface area (Å²) in [5, 5.41) is 10.7. The molecule has 3 aromatic carbocycles. The van der Waals surface area contributed by atoms with Crippen LogP contribution in [0.2, 0.25) is 0 Å². The van der Waals surface area contributed by atoms with Gasteiger partial charge in [0.05, 0.1) is 53.4 Å². The first-order chi connectivity index (χ1) is 22.4. The van der Waals surface area contributed by atoms with Gasteiger partial charge in [0.25, 0.3) is 10.0 Å². The number of ether oxygens (including phenoxy) is 1. The van der Waals surface area contributed by atoms with Crippen LogP contribution >= 0.6 is 0 Å². The van der Waals surface area contributed by atoms with Gasteiger partial charge in [-0.3, -0.25) is 19.2 Å². The predicted molar refractivity (Wildman–Crippen MR) is 174 cm³/mol. The van der Waals surface area contributed by atoms with Gasteiger partial charge in [-0.05, 0) is 49.4 Å². The lowest BCUT2D eigenvalue weighted by Gasteiger charge is -2.47. The van der Waals surface area contributed by atoms with E-state index in [0.29, 0.717) is 66.6 Å². The summed E-state index contributed by atoms with van der Waals surface area (Å²) < 4.78 is 51.9. The molecular weight excluding hydrogens is 603 g/mol. The number of benzene rings is 3. The molecule has 0 amide bonds. The highest BCUT2D eigenvalue weighted by atomic mass is 32.2. The number of rotatable bonds is 7. The minimum Gasteiger partial charge on any atom is -0.494 e. The third-order valence-electron chi connectivity index (χ3n) is 8.92. The molecule has 1 saturated heterocycles. The van der Waals surface area contributed by atoms with Gasteiger partial charge in [0.2, 0.25) is 0 Å². The Morgan fingerprint density at radius 2 is 1.74 bits per heavy atom. The van der Waals surface area contributed by atoms with Crippen LogP contribution in [0.4, 0.5) is 15.8 Å². The van der Waals surface area contributed by atoms with Gasteiger partial charge in [-0.25, -0.2) is 12.8 Å². The summed E-state index contributed by atoms with van der Waals surface area (Å²) in [6.07, 6.45) is 4.38. The lowest BCUT2D eigenvalue weighted by Crippen LogP contribution is -2.58. The van der Waals surface area contributed by atoms with Crippen LogP contribution in [0, 0.1) is 17.1 Å². The van der Waals surface area contributed by atoms with Crippen LogP contribution in [0.1, 0.15) is 23.6 Å². The molecule has 0 N–H and O–H groups in total. The van der Waals surface area contributed by atoms with Crippen molar-refractivity contribution in [2.45, 2.75) is 17.4 Å². The molecule has 1 unspecified atom stereocenters. The quantitative estimate of drug-likeness (QED) is 0.237. The summed E-state index contributed by atoms with van der Waals surface area (Å²) >= 11 is 0. The van der Waals surface area contributed by atoms with E-state index in [4.69, 9.17) is 4.74 Å². The van der Waals surface area contributed by atoms with Crippen molar-refractivity contribution < 1.29 is 17.5 Å². The second kappa shape index (κ2) is 11.7. The molecule has 0 saturated carbocycles. The van der Waals surface area contributed by atoms with Gasteiger partial charge >= 0.3 is 0 Å². The Morgan fingerprint density at radius 3 is 2.52 bits per heavy atom. The van der Waals surface area contributed by atoms with E-state index in [1.54, 1.807) is 54.9 Å². The summed E-state index contributed by atoms with van der Waals surface area (Å²) in [5.74, 6) is 0.241. The number of anilines is 2. The minimum atomic E-state index is -4.15. The van der Waals surface area contributed by atoms with E-state index in [2.05, 4.69) is 20.9 Å².